The average Bonchev–Trinajstić information content (AvgIpc) is 2.54. The molecule has 0 radical (unpaired) electrons. The Hall–Kier alpha value is -2.08. The smallest absolute Gasteiger partial charge is 0.256 e. The monoisotopic (exact) mass is 381 g/mol. The van der Waals surface area contributed by atoms with E-state index in [0.29, 0.717) is 22.5 Å². The van der Waals surface area contributed by atoms with Crippen LogP contribution in [0.1, 0.15) is 15.9 Å². The van der Waals surface area contributed by atoms with Gasteiger partial charge in [0.15, 0.2) is 11.5 Å². The van der Waals surface area contributed by atoms with Crippen molar-refractivity contribution in [3.05, 3.63) is 57.8 Å². The molecule has 2 rings (SSSR count). The molecule has 23 heavy (non-hydrogen) atoms. The lowest BCUT2D eigenvalue weighted by Gasteiger charge is -2.18. The van der Waals surface area contributed by atoms with E-state index in [9.17, 15) is 9.18 Å². The van der Waals surface area contributed by atoms with Crippen LogP contribution in [0.5, 0.6) is 11.5 Å². The Morgan fingerprint density at radius 2 is 1.83 bits per heavy atom. The highest BCUT2D eigenvalue weighted by molar-refractivity contribution is 9.10. The molecule has 0 atom stereocenters. The summed E-state index contributed by atoms with van der Waals surface area (Å²) in [4.78, 5) is 13.8. The SMILES string of the molecule is COc1ccc(CN(C)C(=O)c2ccc(Br)cc2F)cc1OC. The second-order valence-electron chi connectivity index (χ2n) is 4.97. The number of ether oxygens (including phenoxy) is 2. The van der Waals surface area contributed by atoms with E-state index in [-0.39, 0.29) is 11.5 Å². The summed E-state index contributed by atoms with van der Waals surface area (Å²) in [6.07, 6.45) is 0. The van der Waals surface area contributed by atoms with Gasteiger partial charge in [-0.25, -0.2) is 4.39 Å². The number of hydrogen-bond donors (Lipinski definition) is 0. The maximum absolute atomic E-state index is 13.9. The van der Waals surface area contributed by atoms with E-state index >= 15 is 0 Å². The number of methoxy groups -OCH3 is 2. The van der Waals surface area contributed by atoms with Crippen LogP contribution in [0.4, 0.5) is 4.39 Å². The van der Waals surface area contributed by atoms with Gasteiger partial charge in [-0.1, -0.05) is 22.0 Å². The van der Waals surface area contributed by atoms with Gasteiger partial charge in [-0.15, -0.1) is 0 Å². The minimum absolute atomic E-state index is 0.0381. The highest BCUT2D eigenvalue weighted by atomic mass is 79.9. The Balaban J connectivity index is 2.18. The second kappa shape index (κ2) is 7.46. The van der Waals surface area contributed by atoms with E-state index in [1.54, 1.807) is 39.5 Å². The molecular formula is C17H17BrFNO3. The molecule has 0 heterocycles. The fourth-order valence-corrected chi connectivity index (χ4v) is 2.53. The van der Waals surface area contributed by atoms with Crippen LogP contribution in [0.3, 0.4) is 0 Å². The second-order valence-corrected chi connectivity index (χ2v) is 5.89. The van der Waals surface area contributed by atoms with Crippen molar-refractivity contribution >= 4 is 21.8 Å². The highest BCUT2D eigenvalue weighted by Crippen LogP contribution is 2.28. The predicted octanol–water partition coefficient (Wildman–Crippen LogP) is 3.88. The maximum Gasteiger partial charge on any atom is 0.256 e. The van der Waals surface area contributed by atoms with Gasteiger partial charge in [-0.3, -0.25) is 4.79 Å². The van der Waals surface area contributed by atoms with Crippen LogP contribution >= 0.6 is 15.9 Å². The first-order valence-electron chi connectivity index (χ1n) is 6.87. The number of amides is 1. The number of carbonyl (C=O) groups is 1. The van der Waals surface area contributed by atoms with Crippen molar-refractivity contribution in [1.82, 2.24) is 4.90 Å². The molecule has 2 aromatic rings. The summed E-state index contributed by atoms with van der Waals surface area (Å²) in [5.41, 5.74) is 0.896. The molecule has 0 spiro atoms. The molecular weight excluding hydrogens is 365 g/mol. The van der Waals surface area contributed by atoms with E-state index in [1.807, 2.05) is 6.07 Å². The van der Waals surface area contributed by atoms with Crippen molar-refractivity contribution in [1.29, 1.82) is 0 Å². The van der Waals surface area contributed by atoms with Gasteiger partial charge < -0.3 is 14.4 Å². The zero-order chi connectivity index (χ0) is 17.0. The Bertz CT molecular complexity index is 721. The number of hydrogen-bond acceptors (Lipinski definition) is 3. The Morgan fingerprint density at radius 1 is 1.13 bits per heavy atom. The minimum Gasteiger partial charge on any atom is -0.493 e. The summed E-state index contributed by atoms with van der Waals surface area (Å²) in [5, 5.41) is 0. The lowest BCUT2D eigenvalue weighted by Crippen LogP contribution is -2.27. The third-order valence-corrected chi connectivity index (χ3v) is 3.87. The van der Waals surface area contributed by atoms with Crippen molar-refractivity contribution in [2.24, 2.45) is 0 Å². The lowest BCUT2D eigenvalue weighted by molar-refractivity contribution is 0.0780. The largest absolute Gasteiger partial charge is 0.493 e. The van der Waals surface area contributed by atoms with E-state index in [1.165, 1.54) is 17.0 Å². The van der Waals surface area contributed by atoms with E-state index < -0.39 is 5.82 Å². The summed E-state index contributed by atoms with van der Waals surface area (Å²) < 4.78 is 24.9. The zero-order valence-electron chi connectivity index (χ0n) is 13.1. The normalized spacial score (nSPS) is 10.3. The molecule has 0 aromatic heterocycles. The van der Waals surface area contributed by atoms with Crippen LogP contribution < -0.4 is 9.47 Å². The first-order chi connectivity index (χ1) is 11.0. The molecule has 0 saturated carbocycles. The minimum atomic E-state index is -0.552. The third kappa shape index (κ3) is 4.01. The Kier molecular flexibility index (Phi) is 5.60. The molecule has 0 saturated heterocycles. The summed E-state index contributed by atoms with van der Waals surface area (Å²) in [7, 11) is 4.73. The fourth-order valence-electron chi connectivity index (χ4n) is 2.19. The third-order valence-electron chi connectivity index (χ3n) is 3.38. The van der Waals surface area contributed by atoms with Crippen molar-refractivity contribution in [3.8, 4) is 11.5 Å². The molecule has 2 aromatic carbocycles. The fraction of sp³-hybridized carbons (Fsp3) is 0.235. The van der Waals surface area contributed by atoms with Crippen LogP contribution in [0.15, 0.2) is 40.9 Å². The number of nitrogens with zero attached hydrogens (tertiary/aromatic N) is 1. The van der Waals surface area contributed by atoms with Crippen molar-refractivity contribution in [3.63, 3.8) is 0 Å². The molecule has 4 nitrogen and oxygen atoms in total. The van der Waals surface area contributed by atoms with Gasteiger partial charge in [0.25, 0.3) is 5.91 Å². The number of carbonyl (C=O) groups excluding carboxylic acids is 1. The van der Waals surface area contributed by atoms with Crippen molar-refractivity contribution in [2.75, 3.05) is 21.3 Å². The number of benzene rings is 2. The van der Waals surface area contributed by atoms with Crippen LogP contribution in [0.25, 0.3) is 0 Å². The first-order valence-corrected chi connectivity index (χ1v) is 7.67. The van der Waals surface area contributed by atoms with Crippen molar-refractivity contribution in [2.45, 2.75) is 6.54 Å². The topological polar surface area (TPSA) is 38.8 Å². The number of rotatable bonds is 5. The van der Waals surface area contributed by atoms with Crippen LogP contribution in [0.2, 0.25) is 0 Å². The van der Waals surface area contributed by atoms with Gasteiger partial charge in [0.1, 0.15) is 5.82 Å². The Labute approximate surface area is 142 Å². The quantitative estimate of drug-likeness (QED) is 0.788. The summed E-state index contributed by atoms with van der Waals surface area (Å²) in [6.45, 7) is 0.328. The van der Waals surface area contributed by atoms with Crippen LogP contribution in [0, 0.1) is 5.82 Å². The first kappa shape index (κ1) is 17.3. The molecule has 1 amide bonds. The molecule has 6 heteroatoms. The van der Waals surface area contributed by atoms with E-state index in [2.05, 4.69) is 15.9 Å². The molecule has 0 N–H and O–H groups in total. The highest BCUT2D eigenvalue weighted by Gasteiger charge is 2.17. The zero-order valence-corrected chi connectivity index (χ0v) is 14.7. The molecule has 0 unspecified atom stereocenters. The lowest BCUT2D eigenvalue weighted by atomic mass is 10.1. The van der Waals surface area contributed by atoms with Gasteiger partial charge in [0, 0.05) is 18.1 Å². The van der Waals surface area contributed by atoms with Crippen molar-refractivity contribution < 1.29 is 18.7 Å². The van der Waals surface area contributed by atoms with Gasteiger partial charge in [-0.05, 0) is 35.9 Å². The summed E-state index contributed by atoms with van der Waals surface area (Å²) in [5.74, 6) is 0.262. The average molecular weight is 382 g/mol. The molecule has 122 valence electrons. The van der Waals surface area contributed by atoms with Gasteiger partial charge in [0.05, 0.1) is 19.8 Å². The molecule has 0 aliphatic heterocycles. The van der Waals surface area contributed by atoms with E-state index in [4.69, 9.17) is 9.47 Å². The van der Waals surface area contributed by atoms with Gasteiger partial charge in [0.2, 0.25) is 0 Å². The molecule has 0 bridgehead atoms. The Morgan fingerprint density at radius 3 is 2.43 bits per heavy atom. The standard InChI is InChI=1S/C17H17BrFNO3/c1-20(17(21)13-6-5-12(18)9-14(13)19)10-11-4-7-15(22-2)16(8-11)23-3/h4-9H,10H2,1-3H3. The van der Waals surface area contributed by atoms with Gasteiger partial charge >= 0.3 is 0 Å². The van der Waals surface area contributed by atoms with Crippen LogP contribution in [-0.2, 0) is 6.54 Å². The summed E-state index contributed by atoms with van der Waals surface area (Å²) >= 11 is 3.17. The predicted molar refractivity (Wildman–Crippen MR) is 89.4 cm³/mol. The van der Waals surface area contributed by atoms with Gasteiger partial charge in [-0.2, -0.15) is 0 Å². The molecule has 0 aliphatic carbocycles. The number of halogens is 2. The summed E-state index contributed by atoms with van der Waals surface area (Å²) in [6, 6.07) is 9.78. The van der Waals surface area contributed by atoms with Crippen LogP contribution in [-0.4, -0.2) is 32.1 Å². The molecule has 0 aliphatic rings. The van der Waals surface area contributed by atoms with E-state index in [0.717, 1.165) is 5.56 Å². The molecule has 0 fully saturated rings. The maximum atomic E-state index is 13.9.